The lowest BCUT2D eigenvalue weighted by Gasteiger charge is -2.61. The molecule has 4 rings (SSSR count). The third-order valence-corrected chi connectivity index (χ3v) is 8.37. The largest absolute Gasteiger partial charge is 0.416 e. The first kappa shape index (κ1) is 21.2. The van der Waals surface area contributed by atoms with Crippen molar-refractivity contribution in [3.05, 3.63) is 35.4 Å². The number of hydrogen-bond donors (Lipinski definition) is 1. The standard InChI is InChI=1S/C24H28F3N3/c1-17-19-9-4-6-12-22(19,15-28)30(23(16-29)13-7-5-10-20(17)23)14-18-8-2-3-11-21(18)24(25,26)27/h2-3,8,11,17,19-20H,4-7,9-10,12-14H2,1H3/p+1/t17?,19-,20-,22-,23+/m0/s1. The number of fused-ring (bicyclic) bond motifs is 2. The molecule has 0 radical (unpaired) electrons. The van der Waals surface area contributed by atoms with E-state index < -0.39 is 22.8 Å². The Balaban J connectivity index is 1.88. The van der Waals surface area contributed by atoms with Gasteiger partial charge in [0.25, 0.3) is 0 Å². The molecule has 3 fully saturated rings. The van der Waals surface area contributed by atoms with E-state index in [1.807, 2.05) is 0 Å². The minimum Gasteiger partial charge on any atom is -0.297 e. The summed E-state index contributed by atoms with van der Waals surface area (Å²) in [6.07, 6.45) is 2.64. The number of hydrogen-bond acceptors (Lipinski definition) is 2. The van der Waals surface area contributed by atoms with E-state index in [1.165, 1.54) is 12.1 Å². The molecule has 6 heteroatoms. The normalized spacial score (nSPS) is 38.6. The molecule has 2 unspecified atom stereocenters. The van der Waals surface area contributed by atoms with Gasteiger partial charge in [-0.1, -0.05) is 38.0 Å². The van der Waals surface area contributed by atoms with Gasteiger partial charge in [-0.05, 0) is 37.7 Å². The van der Waals surface area contributed by atoms with E-state index in [4.69, 9.17) is 0 Å². The minimum atomic E-state index is -4.45. The summed E-state index contributed by atoms with van der Waals surface area (Å²) in [5.41, 5.74) is -2.02. The molecule has 3 aliphatic rings. The Labute approximate surface area is 176 Å². The lowest BCUT2D eigenvalue weighted by atomic mass is 9.52. The average Bonchev–Trinajstić information content (AvgIpc) is 2.76. The van der Waals surface area contributed by atoms with E-state index in [2.05, 4.69) is 19.1 Å². The second kappa shape index (κ2) is 7.57. The van der Waals surface area contributed by atoms with Gasteiger partial charge in [0.1, 0.15) is 18.7 Å². The van der Waals surface area contributed by atoms with Crippen LogP contribution in [0, 0.1) is 40.4 Å². The van der Waals surface area contributed by atoms with Crippen LogP contribution in [0.1, 0.15) is 69.4 Å². The predicted octanol–water partition coefficient (Wildman–Crippen LogP) is 4.65. The molecule has 30 heavy (non-hydrogen) atoms. The maximum Gasteiger partial charge on any atom is 0.416 e. The SMILES string of the molecule is CC1[C@@H]2CCCC[C@]2(C#N)[NH+](Cc2ccccc2C(F)(F)F)[C@]2(C#N)CCCC[C@@H]12. The highest BCUT2D eigenvalue weighted by Gasteiger charge is 2.68. The Morgan fingerprint density at radius 3 is 2.00 bits per heavy atom. The Bertz CT molecular complexity index is 841. The van der Waals surface area contributed by atoms with Gasteiger partial charge in [0.05, 0.1) is 5.56 Å². The Kier molecular flexibility index (Phi) is 5.35. The van der Waals surface area contributed by atoms with Gasteiger partial charge in [-0.15, -0.1) is 0 Å². The lowest BCUT2D eigenvalue weighted by Crippen LogP contribution is -3.29. The van der Waals surface area contributed by atoms with Crippen molar-refractivity contribution in [2.24, 2.45) is 17.8 Å². The van der Waals surface area contributed by atoms with Crippen LogP contribution in [0.4, 0.5) is 13.2 Å². The summed E-state index contributed by atoms with van der Waals surface area (Å²) in [7, 11) is 0. The molecule has 1 aromatic rings. The third-order valence-electron chi connectivity index (χ3n) is 8.37. The minimum absolute atomic E-state index is 0.0799. The van der Waals surface area contributed by atoms with Gasteiger partial charge in [0, 0.05) is 30.2 Å². The fourth-order valence-electron chi connectivity index (χ4n) is 7.12. The van der Waals surface area contributed by atoms with Gasteiger partial charge >= 0.3 is 6.18 Å². The molecule has 0 amide bonds. The van der Waals surface area contributed by atoms with Crippen LogP contribution in [0.3, 0.4) is 0 Å². The topological polar surface area (TPSA) is 52.0 Å². The van der Waals surface area contributed by atoms with Crippen molar-refractivity contribution in [3.63, 3.8) is 0 Å². The summed E-state index contributed by atoms with van der Waals surface area (Å²) in [6.45, 7) is 2.26. The maximum absolute atomic E-state index is 13.7. The average molecular weight is 417 g/mol. The number of nitriles is 2. The maximum atomic E-state index is 13.7. The number of rotatable bonds is 2. The molecule has 0 bridgehead atoms. The van der Waals surface area contributed by atoms with Gasteiger partial charge in [0.2, 0.25) is 0 Å². The summed E-state index contributed by atoms with van der Waals surface area (Å²) >= 11 is 0. The summed E-state index contributed by atoms with van der Waals surface area (Å²) in [4.78, 5) is 0.796. The van der Waals surface area contributed by atoms with E-state index in [0.29, 0.717) is 12.8 Å². The van der Waals surface area contributed by atoms with Crippen molar-refractivity contribution >= 4 is 0 Å². The first-order valence-electron chi connectivity index (χ1n) is 11.1. The van der Waals surface area contributed by atoms with Crippen LogP contribution in [0.25, 0.3) is 0 Å². The van der Waals surface area contributed by atoms with Crippen molar-refractivity contribution in [1.29, 1.82) is 10.5 Å². The van der Waals surface area contributed by atoms with Crippen LogP contribution >= 0.6 is 0 Å². The van der Waals surface area contributed by atoms with Crippen LogP contribution < -0.4 is 4.90 Å². The highest BCUT2D eigenvalue weighted by atomic mass is 19.4. The zero-order valence-electron chi connectivity index (χ0n) is 17.4. The molecule has 2 aliphatic carbocycles. The molecule has 2 saturated carbocycles. The van der Waals surface area contributed by atoms with Crippen molar-refractivity contribution in [1.82, 2.24) is 0 Å². The number of alkyl halides is 3. The van der Waals surface area contributed by atoms with E-state index in [1.54, 1.807) is 6.07 Å². The highest BCUT2D eigenvalue weighted by molar-refractivity contribution is 5.30. The molecule has 0 aromatic heterocycles. The van der Waals surface area contributed by atoms with Gasteiger partial charge in [-0.25, -0.2) is 0 Å². The van der Waals surface area contributed by atoms with Crippen molar-refractivity contribution in [2.45, 2.75) is 82.1 Å². The molecule has 3 nitrogen and oxygen atoms in total. The van der Waals surface area contributed by atoms with Gasteiger partial charge < -0.3 is 0 Å². The number of piperidine rings is 1. The molecule has 1 N–H and O–H groups in total. The van der Waals surface area contributed by atoms with Crippen LogP contribution in [-0.2, 0) is 12.7 Å². The monoisotopic (exact) mass is 416 g/mol. The number of nitrogens with one attached hydrogen (secondary N) is 1. The number of nitrogens with zero attached hydrogens (tertiary/aromatic N) is 2. The van der Waals surface area contributed by atoms with E-state index in [0.717, 1.165) is 49.5 Å². The predicted molar refractivity (Wildman–Crippen MR) is 106 cm³/mol. The van der Waals surface area contributed by atoms with E-state index >= 15 is 0 Å². The number of benzene rings is 1. The second-order valence-corrected chi connectivity index (χ2v) is 9.54. The summed E-state index contributed by atoms with van der Waals surface area (Å²) in [5.74, 6) is 0.509. The first-order valence-corrected chi connectivity index (χ1v) is 11.1. The van der Waals surface area contributed by atoms with Gasteiger partial charge in [0.15, 0.2) is 11.1 Å². The van der Waals surface area contributed by atoms with Crippen LogP contribution in [-0.4, -0.2) is 11.1 Å². The molecular weight excluding hydrogens is 387 g/mol. The second-order valence-electron chi connectivity index (χ2n) is 9.54. The van der Waals surface area contributed by atoms with Crippen LogP contribution in [0.5, 0.6) is 0 Å². The first-order chi connectivity index (χ1) is 14.3. The molecule has 0 spiro atoms. The zero-order valence-corrected chi connectivity index (χ0v) is 17.4. The highest BCUT2D eigenvalue weighted by Crippen LogP contribution is 2.50. The Morgan fingerprint density at radius 1 is 0.967 bits per heavy atom. The fourth-order valence-corrected chi connectivity index (χ4v) is 7.12. The van der Waals surface area contributed by atoms with Crippen molar-refractivity contribution < 1.29 is 18.1 Å². The number of halogens is 3. The molecule has 1 aromatic carbocycles. The molecule has 6 atom stereocenters. The van der Waals surface area contributed by atoms with Crippen LogP contribution in [0.15, 0.2) is 24.3 Å². The number of likely N-dealkylation sites (tertiary alicyclic amines) is 1. The van der Waals surface area contributed by atoms with Gasteiger partial charge in [-0.3, -0.25) is 4.90 Å². The molecule has 160 valence electrons. The Morgan fingerprint density at radius 2 is 1.50 bits per heavy atom. The third kappa shape index (κ3) is 3.04. The zero-order chi connectivity index (χ0) is 21.6. The van der Waals surface area contributed by atoms with Crippen molar-refractivity contribution in [2.75, 3.05) is 0 Å². The smallest absolute Gasteiger partial charge is 0.297 e. The molecule has 1 saturated heterocycles. The summed E-state index contributed by atoms with van der Waals surface area (Å²) in [6, 6.07) is 10.9. The quantitative estimate of drug-likeness (QED) is 0.763. The number of quaternary nitrogens is 1. The molecule has 1 heterocycles. The van der Waals surface area contributed by atoms with E-state index in [9.17, 15) is 23.7 Å². The molecule has 1 aliphatic heterocycles. The lowest BCUT2D eigenvalue weighted by molar-refractivity contribution is -1.01. The van der Waals surface area contributed by atoms with Crippen LogP contribution in [0.2, 0.25) is 0 Å². The Hall–Kier alpha value is -2.05. The summed E-state index contributed by atoms with van der Waals surface area (Å²) in [5, 5.41) is 20.9. The van der Waals surface area contributed by atoms with Crippen molar-refractivity contribution in [3.8, 4) is 12.1 Å². The molecular formula is C24H29F3N3+. The van der Waals surface area contributed by atoms with E-state index in [-0.39, 0.29) is 29.9 Å². The fraction of sp³-hybridized carbons (Fsp3) is 0.667. The summed E-state index contributed by atoms with van der Waals surface area (Å²) < 4.78 is 41.2. The van der Waals surface area contributed by atoms with Gasteiger partial charge in [-0.2, -0.15) is 23.7 Å².